The summed E-state index contributed by atoms with van der Waals surface area (Å²) in [5.74, 6) is 1.64. The van der Waals surface area contributed by atoms with E-state index >= 15 is 0 Å². The third-order valence-electron chi connectivity index (χ3n) is 3.79. The number of nitrogen functional groups attached to an aromatic ring is 1. The number of carbonyl (C=O) groups is 1. The number of hydrogen-bond acceptors (Lipinski definition) is 3. The van der Waals surface area contributed by atoms with Gasteiger partial charge in [-0.25, -0.2) is 4.98 Å². The Morgan fingerprint density at radius 1 is 1.44 bits per heavy atom. The molecule has 1 amide bonds. The van der Waals surface area contributed by atoms with Crippen LogP contribution in [-0.4, -0.2) is 16.9 Å². The molecule has 1 aromatic rings. The quantitative estimate of drug-likeness (QED) is 0.842. The second-order valence-electron chi connectivity index (χ2n) is 5.44. The summed E-state index contributed by atoms with van der Waals surface area (Å²) >= 11 is 0. The Bertz CT molecular complexity index is 433. The van der Waals surface area contributed by atoms with Crippen LogP contribution in [0.3, 0.4) is 0 Å². The number of nitrogens with one attached hydrogen (secondary N) is 1. The minimum absolute atomic E-state index is 0.0458. The molecule has 0 radical (unpaired) electrons. The lowest BCUT2D eigenvalue weighted by atomic mass is 9.80. The van der Waals surface area contributed by atoms with Crippen molar-refractivity contribution in [1.82, 2.24) is 10.3 Å². The second kappa shape index (κ2) is 5.38. The molecule has 18 heavy (non-hydrogen) atoms. The molecule has 1 fully saturated rings. The molecule has 3 N–H and O–H groups in total. The average Bonchev–Trinajstić information content (AvgIpc) is 2.32. The molecule has 98 valence electrons. The van der Waals surface area contributed by atoms with E-state index in [1.165, 1.54) is 12.8 Å². The van der Waals surface area contributed by atoms with Crippen LogP contribution in [0.15, 0.2) is 18.3 Å². The minimum Gasteiger partial charge on any atom is -0.384 e. The number of rotatable bonds is 2. The predicted molar refractivity (Wildman–Crippen MR) is 72.1 cm³/mol. The number of aromatic nitrogens is 1. The van der Waals surface area contributed by atoms with Gasteiger partial charge in [-0.3, -0.25) is 4.79 Å². The first-order valence-corrected chi connectivity index (χ1v) is 6.58. The molecule has 0 aromatic carbocycles. The summed E-state index contributed by atoms with van der Waals surface area (Å²) in [6.45, 7) is 4.49. The Hall–Kier alpha value is -1.58. The lowest BCUT2D eigenvalue weighted by Gasteiger charge is -2.33. The van der Waals surface area contributed by atoms with E-state index in [0.717, 1.165) is 12.3 Å². The van der Waals surface area contributed by atoms with Crippen LogP contribution in [0, 0.1) is 11.8 Å². The number of nitrogens with two attached hydrogens (primary N) is 1. The molecule has 0 spiro atoms. The van der Waals surface area contributed by atoms with Crippen molar-refractivity contribution < 1.29 is 4.79 Å². The van der Waals surface area contributed by atoms with Crippen LogP contribution in [0.2, 0.25) is 0 Å². The predicted octanol–water partition coefficient (Wildman–Crippen LogP) is 2.22. The molecule has 4 nitrogen and oxygen atoms in total. The van der Waals surface area contributed by atoms with Crippen molar-refractivity contribution in [2.75, 3.05) is 5.73 Å². The fraction of sp³-hybridized carbons (Fsp3) is 0.571. The van der Waals surface area contributed by atoms with Gasteiger partial charge in [0.05, 0.1) is 0 Å². The molecular weight excluding hydrogens is 226 g/mol. The molecule has 1 aliphatic carbocycles. The van der Waals surface area contributed by atoms with Crippen LogP contribution in [0.25, 0.3) is 0 Å². The number of anilines is 1. The molecular formula is C14H21N3O. The van der Waals surface area contributed by atoms with E-state index in [1.54, 1.807) is 18.3 Å². The van der Waals surface area contributed by atoms with E-state index in [-0.39, 0.29) is 11.9 Å². The summed E-state index contributed by atoms with van der Waals surface area (Å²) in [6, 6.07) is 3.59. The maximum atomic E-state index is 12.1. The van der Waals surface area contributed by atoms with Gasteiger partial charge >= 0.3 is 0 Å². The molecule has 0 aliphatic heterocycles. The standard InChI is InChI=1S/C14H21N3O/c1-9-3-4-12(10(2)7-9)17-14(18)11-5-6-16-13(15)8-11/h5-6,8-10,12H,3-4,7H2,1-2H3,(H2,15,16)(H,17,18). The Balaban J connectivity index is 1.99. The van der Waals surface area contributed by atoms with Gasteiger partial charge in [-0.05, 0) is 43.2 Å². The lowest BCUT2D eigenvalue weighted by molar-refractivity contribution is 0.0899. The first-order valence-electron chi connectivity index (χ1n) is 6.58. The molecule has 0 saturated heterocycles. The van der Waals surface area contributed by atoms with Gasteiger partial charge in [0.2, 0.25) is 0 Å². The van der Waals surface area contributed by atoms with Crippen molar-refractivity contribution in [3.05, 3.63) is 23.9 Å². The average molecular weight is 247 g/mol. The third-order valence-corrected chi connectivity index (χ3v) is 3.79. The van der Waals surface area contributed by atoms with E-state index < -0.39 is 0 Å². The first kappa shape index (κ1) is 12.9. The van der Waals surface area contributed by atoms with E-state index in [0.29, 0.717) is 17.3 Å². The van der Waals surface area contributed by atoms with E-state index in [1.807, 2.05) is 0 Å². The third kappa shape index (κ3) is 3.00. The van der Waals surface area contributed by atoms with Crippen LogP contribution in [0.1, 0.15) is 43.5 Å². The monoisotopic (exact) mass is 247 g/mol. The van der Waals surface area contributed by atoms with Crippen molar-refractivity contribution in [3.8, 4) is 0 Å². The highest BCUT2D eigenvalue weighted by Crippen LogP contribution is 2.28. The maximum absolute atomic E-state index is 12.1. The fourth-order valence-electron chi connectivity index (χ4n) is 2.72. The van der Waals surface area contributed by atoms with Gasteiger partial charge in [-0.2, -0.15) is 0 Å². The molecule has 1 saturated carbocycles. The van der Waals surface area contributed by atoms with Crippen LogP contribution < -0.4 is 11.1 Å². The van der Waals surface area contributed by atoms with Crippen molar-refractivity contribution in [3.63, 3.8) is 0 Å². The molecule has 2 rings (SSSR count). The van der Waals surface area contributed by atoms with Crippen LogP contribution in [-0.2, 0) is 0 Å². The Labute approximate surface area is 108 Å². The Kier molecular flexibility index (Phi) is 3.84. The summed E-state index contributed by atoms with van der Waals surface area (Å²) < 4.78 is 0. The summed E-state index contributed by atoms with van der Waals surface area (Å²) in [6.07, 6.45) is 5.00. The van der Waals surface area contributed by atoms with Crippen molar-refractivity contribution >= 4 is 11.7 Å². The molecule has 3 atom stereocenters. The molecule has 3 unspecified atom stereocenters. The highest BCUT2D eigenvalue weighted by molar-refractivity contribution is 5.94. The number of pyridine rings is 1. The van der Waals surface area contributed by atoms with Crippen LogP contribution >= 0.6 is 0 Å². The largest absolute Gasteiger partial charge is 0.384 e. The highest BCUT2D eigenvalue weighted by Gasteiger charge is 2.26. The van der Waals surface area contributed by atoms with Gasteiger partial charge < -0.3 is 11.1 Å². The van der Waals surface area contributed by atoms with Gasteiger partial charge in [0.15, 0.2) is 0 Å². The summed E-state index contributed by atoms with van der Waals surface area (Å²) in [5, 5.41) is 3.11. The van der Waals surface area contributed by atoms with Gasteiger partial charge in [0, 0.05) is 17.8 Å². The smallest absolute Gasteiger partial charge is 0.251 e. The summed E-state index contributed by atoms with van der Waals surface area (Å²) in [7, 11) is 0. The Morgan fingerprint density at radius 2 is 2.22 bits per heavy atom. The van der Waals surface area contributed by atoms with Crippen LogP contribution in [0.5, 0.6) is 0 Å². The van der Waals surface area contributed by atoms with E-state index in [4.69, 9.17) is 5.73 Å². The highest BCUT2D eigenvalue weighted by atomic mass is 16.1. The maximum Gasteiger partial charge on any atom is 0.251 e. The Morgan fingerprint density at radius 3 is 2.89 bits per heavy atom. The normalized spacial score (nSPS) is 27.8. The molecule has 4 heteroatoms. The van der Waals surface area contributed by atoms with Crippen molar-refractivity contribution in [2.45, 2.75) is 39.2 Å². The molecule has 1 heterocycles. The van der Waals surface area contributed by atoms with E-state index in [2.05, 4.69) is 24.1 Å². The zero-order valence-corrected chi connectivity index (χ0v) is 11.0. The summed E-state index contributed by atoms with van der Waals surface area (Å²) in [4.78, 5) is 16.0. The van der Waals surface area contributed by atoms with Gasteiger partial charge in [0.25, 0.3) is 5.91 Å². The molecule has 1 aliphatic rings. The number of amides is 1. The van der Waals surface area contributed by atoms with Gasteiger partial charge in [0.1, 0.15) is 5.82 Å². The van der Waals surface area contributed by atoms with Crippen LogP contribution in [0.4, 0.5) is 5.82 Å². The second-order valence-corrected chi connectivity index (χ2v) is 5.44. The first-order chi connectivity index (χ1) is 8.56. The topological polar surface area (TPSA) is 68.0 Å². The lowest BCUT2D eigenvalue weighted by Crippen LogP contribution is -2.42. The number of nitrogens with zero attached hydrogens (tertiary/aromatic N) is 1. The SMILES string of the molecule is CC1CCC(NC(=O)c2ccnc(N)c2)C(C)C1. The number of hydrogen-bond donors (Lipinski definition) is 2. The fourth-order valence-corrected chi connectivity index (χ4v) is 2.72. The molecule has 0 bridgehead atoms. The van der Waals surface area contributed by atoms with Crippen molar-refractivity contribution in [1.29, 1.82) is 0 Å². The number of carbonyl (C=O) groups excluding carboxylic acids is 1. The minimum atomic E-state index is -0.0458. The zero-order chi connectivity index (χ0) is 13.1. The van der Waals surface area contributed by atoms with Gasteiger partial charge in [-0.15, -0.1) is 0 Å². The molecule has 1 aromatic heterocycles. The van der Waals surface area contributed by atoms with Gasteiger partial charge in [-0.1, -0.05) is 13.8 Å². The zero-order valence-electron chi connectivity index (χ0n) is 11.0. The van der Waals surface area contributed by atoms with Crippen molar-refractivity contribution in [2.24, 2.45) is 11.8 Å². The summed E-state index contributed by atoms with van der Waals surface area (Å²) in [5.41, 5.74) is 6.17. The van der Waals surface area contributed by atoms with E-state index in [9.17, 15) is 4.79 Å².